The molecule has 34 heavy (non-hydrogen) atoms. The van der Waals surface area contributed by atoms with Gasteiger partial charge in [0, 0.05) is 18.6 Å². The largest absolute Gasteiger partial charge is 0.497 e. The lowest BCUT2D eigenvalue weighted by molar-refractivity contribution is -0.0190. The number of hydrogen-bond acceptors (Lipinski definition) is 7. The van der Waals surface area contributed by atoms with Gasteiger partial charge in [0.1, 0.15) is 11.5 Å². The molecule has 0 atom stereocenters. The molecule has 1 aliphatic heterocycles. The number of amides is 3. The second kappa shape index (κ2) is 10.3. The summed E-state index contributed by atoms with van der Waals surface area (Å²) in [5.41, 5.74) is 3.54. The zero-order valence-corrected chi connectivity index (χ0v) is 20.5. The Hall–Kier alpha value is -3.31. The van der Waals surface area contributed by atoms with Crippen molar-refractivity contribution >= 4 is 22.0 Å². The van der Waals surface area contributed by atoms with E-state index in [9.17, 15) is 18.0 Å². The lowest BCUT2D eigenvalue weighted by Gasteiger charge is -2.47. The van der Waals surface area contributed by atoms with Gasteiger partial charge in [-0.05, 0) is 62.6 Å². The molecule has 0 radical (unpaired) electrons. The molecule has 1 fully saturated rings. The summed E-state index contributed by atoms with van der Waals surface area (Å²) in [5, 5.41) is 4.51. The Morgan fingerprint density at radius 2 is 1.76 bits per heavy atom. The molecule has 0 unspecified atom stereocenters. The summed E-state index contributed by atoms with van der Waals surface area (Å²) in [6.07, 6.45) is 1.39. The summed E-state index contributed by atoms with van der Waals surface area (Å²) in [6, 6.07) is 10.3. The highest BCUT2D eigenvalue weighted by Gasteiger charge is 2.37. The van der Waals surface area contributed by atoms with Crippen molar-refractivity contribution in [2.45, 2.75) is 37.1 Å². The molecule has 1 saturated heterocycles. The van der Waals surface area contributed by atoms with Gasteiger partial charge < -0.3 is 14.8 Å². The fourth-order valence-electron chi connectivity index (χ4n) is 3.45. The first-order valence-electron chi connectivity index (χ1n) is 10.8. The third kappa shape index (κ3) is 5.97. The maximum absolute atomic E-state index is 12.5. The van der Waals surface area contributed by atoms with Crippen molar-refractivity contribution in [3.8, 4) is 11.5 Å². The van der Waals surface area contributed by atoms with E-state index < -0.39 is 16.1 Å². The minimum Gasteiger partial charge on any atom is -0.497 e. The second-order valence-electron chi connectivity index (χ2n) is 8.48. The molecule has 184 valence electrons. The van der Waals surface area contributed by atoms with E-state index in [2.05, 4.69) is 10.7 Å². The van der Waals surface area contributed by atoms with E-state index in [4.69, 9.17) is 9.47 Å². The van der Waals surface area contributed by atoms with E-state index in [1.807, 2.05) is 18.6 Å². The van der Waals surface area contributed by atoms with Gasteiger partial charge in [0.15, 0.2) is 0 Å². The van der Waals surface area contributed by atoms with Crippen molar-refractivity contribution in [3.05, 3.63) is 53.6 Å². The van der Waals surface area contributed by atoms with Gasteiger partial charge in [0.05, 0.1) is 24.7 Å². The molecule has 3 amide bonds. The third-order valence-corrected chi connectivity index (χ3v) is 7.07. The first-order valence-corrected chi connectivity index (χ1v) is 12.2. The zero-order valence-electron chi connectivity index (χ0n) is 19.7. The Kier molecular flexibility index (Phi) is 7.68. The molecular formula is C23H30N4O6S. The van der Waals surface area contributed by atoms with Crippen molar-refractivity contribution in [2.75, 3.05) is 27.3 Å². The molecule has 0 aromatic heterocycles. The van der Waals surface area contributed by atoms with Gasteiger partial charge in [-0.25, -0.2) is 22.9 Å². The lowest BCUT2D eigenvalue weighted by atomic mass is 9.92. The SMILES string of the molecule is COc1ccc(OC)c(C(=O)NCCc2ccc(S(=O)(=O)NC(=O)NN3CCC3(C)C)cc2)c1. The average Bonchev–Trinajstić information content (AvgIpc) is 2.81. The van der Waals surface area contributed by atoms with Gasteiger partial charge in [0.25, 0.3) is 15.9 Å². The van der Waals surface area contributed by atoms with Gasteiger partial charge in [-0.15, -0.1) is 0 Å². The maximum Gasteiger partial charge on any atom is 0.343 e. The summed E-state index contributed by atoms with van der Waals surface area (Å²) in [4.78, 5) is 24.6. The number of nitrogens with one attached hydrogen (secondary N) is 3. The normalized spacial score (nSPS) is 15.1. The van der Waals surface area contributed by atoms with Crippen molar-refractivity contribution in [1.82, 2.24) is 20.5 Å². The molecule has 10 nitrogen and oxygen atoms in total. The summed E-state index contributed by atoms with van der Waals surface area (Å²) in [5.74, 6) is 0.663. The number of hydrogen-bond donors (Lipinski definition) is 3. The van der Waals surface area contributed by atoms with Crippen molar-refractivity contribution in [1.29, 1.82) is 0 Å². The van der Waals surface area contributed by atoms with Gasteiger partial charge in [-0.1, -0.05) is 12.1 Å². The molecule has 1 aliphatic rings. The molecule has 11 heteroatoms. The molecule has 0 aliphatic carbocycles. The van der Waals surface area contributed by atoms with Crippen LogP contribution in [0.4, 0.5) is 4.79 Å². The molecule has 3 N–H and O–H groups in total. The Labute approximate surface area is 199 Å². The van der Waals surface area contributed by atoms with Crippen LogP contribution in [-0.2, 0) is 16.4 Å². The maximum atomic E-state index is 12.5. The van der Waals surface area contributed by atoms with E-state index >= 15 is 0 Å². The fourth-order valence-corrected chi connectivity index (χ4v) is 4.35. The van der Waals surface area contributed by atoms with E-state index in [-0.39, 0.29) is 16.3 Å². The van der Waals surface area contributed by atoms with Gasteiger partial charge >= 0.3 is 6.03 Å². The van der Waals surface area contributed by atoms with Gasteiger partial charge in [0.2, 0.25) is 0 Å². The van der Waals surface area contributed by atoms with E-state index in [0.29, 0.717) is 36.6 Å². The van der Waals surface area contributed by atoms with Crippen LogP contribution in [0.1, 0.15) is 36.2 Å². The number of rotatable bonds is 9. The average molecular weight is 491 g/mol. The highest BCUT2D eigenvalue weighted by atomic mass is 32.2. The molecule has 2 aromatic carbocycles. The predicted molar refractivity (Wildman–Crippen MR) is 126 cm³/mol. The van der Waals surface area contributed by atoms with Crippen LogP contribution in [0.3, 0.4) is 0 Å². The quantitative estimate of drug-likeness (QED) is 0.491. The number of urea groups is 1. The Morgan fingerprint density at radius 1 is 1.06 bits per heavy atom. The lowest BCUT2D eigenvalue weighted by Crippen LogP contribution is -2.64. The standard InChI is InChI=1S/C23H30N4O6S/c1-23(2)12-14-27(23)25-22(29)26-34(30,31)18-8-5-16(6-9-18)11-13-24-21(28)19-15-17(32-3)7-10-20(19)33-4/h5-10,15H,11-14H2,1-4H3,(H,24,28)(H2,25,26,29). The minimum atomic E-state index is -4.01. The number of methoxy groups -OCH3 is 2. The number of benzene rings is 2. The highest BCUT2D eigenvalue weighted by molar-refractivity contribution is 7.90. The zero-order chi connectivity index (χ0) is 24.9. The van der Waals surface area contributed by atoms with Crippen LogP contribution in [0.25, 0.3) is 0 Å². The van der Waals surface area contributed by atoms with E-state index in [1.165, 1.54) is 26.4 Å². The monoisotopic (exact) mass is 490 g/mol. The van der Waals surface area contributed by atoms with Crippen LogP contribution in [0.5, 0.6) is 11.5 Å². The number of carbonyl (C=O) groups is 2. The van der Waals surface area contributed by atoms with E-state index in [0.717, 1.165) is 12.0 Å². The van der Waals surface area contributed by atoms with E-state index in [1.54, 1.807) is 35.3 Å². The molecule has 3 rings (SSSR count). The summed E-state index contributed by atoms with van der Waals surface area (Å²) >= 11 is 0. The minimum absolute atomic E-state index is 0.0283. The van der Waals surface area contributed by atoms with Crippen LogP contribution in [0, 0.1) is 0 Å². The predicted octanol–water partition coefficient (Wildman–Crippen LogP) is 2.06. The first kappa shape index (κ1) is 25.3. The fraction of sp³-hybridized carbons (Fsp3) is 0.391. The first-order chi connectivity index (χ1) is 16.1. The number of nitrogens with zero attached hydrogens (tertiary/aromatic N) is 1. The van der Waals surface area contributed by atoms with Gasteiger partial charge in [-0.3, -0.25) is 10.2 Å². The Bertz CT molecular complexity index is 1150. The number of sulfonamides is 1. The second-order valence-corrected chi connectivity index (χ2v) is 10.2. The Balaban J connectivity index is 1.53. The van der Waals surface area contributed by atoms with Crippen LogP contribution in [-0.4, -0.2) is 58.2 Å². The summed E-state index contributed by atoms with van der Waals surface area (Å²) in [7, 11) is -1.01. The van der Waals surface area contributed by atoms with Crippen LogP contribution < -0.4 is 24.9 Å². The van der Waals surface area contributed by atoms with Crippen LogP contribution in [0.15, 0.2) is 47.4 Å². The molecule has 1 heterocycles. The van der Waals surface area contributed by atoms with Crippen molar-refractivity contribution in [3.63, 3.8) is 0 Å². The molecule has 2 aromatic rings. The smallest absolute Gasteiger partial charge is 0.343 e. The van der Waals surface area contributed by atoms with Crippen LogP contribution in [0.2, 0.25) is 0 Å². The topological polar surface area (TPSA) is 126 Å². The molecule has 0 saturated carbocycles. The number of carbonyl (C=O) groups excluding carboxylic acids is 2. The summed E-state index contributed by atoms with van der Waals surface area (Å²) < 4.78 is 37.4. The van der Waals surface area contributed by atoms with Gasteiger partial charge in [-0.2, -0.15) is 0 Å². The summed E-state index contributed by atoms with van der Waals surface area (Å²) in [6.45, 7) is 4.91. The molecular weight excluding hydrogens is 460 g/mol. The molecule has 0 spiro atoms. The number of ether oxygens (including phenoxy) is 2. The number of hydrazine groups is 1. The van der Waals surface area contributed by atoms with Crippen molar-refractivity contribution in [2.24, 2.45) is 0 Å². The highest BCUT2D eigenvalue weighted by Crippen LogP contribution is 2.26. The Morgan fingerprint density at radius 3 is 2.32 bits per heavy atom. The third-order valence-electron chi connectivity index (χ3n) is 5.73. The van der Waals surface area contributed by atoms with Crippen LogP contribution >= 0.6 is 0 Å². The van der Waals surface area contributed by atoms with Crippen molar-refractivity contribution < 1.29 is 27.5 Å². The molecule has 0 bridgehead atoms.